The Morgan fingerprint density at radius 2 is 1.91 bits per heavy atom. The Morgan fingerprint density at radius 1 is 1.23 bits per heavy atom. The third kappa shape index (κ3) is 4.29. The van der Waals surface area contributed by atoms with E-state index in [2.05, 4.69) is 35.9 Å². The largest absolute Gasteiger partial charge is 0.454 e. The summed E-state index contributed by atoms with van der Waals surface area (Å²) in [4.78, 5) is 2.53. The van der Waals surface area contributed by atoms with Crippen LogP contribution >= 0.6 is 24.8 Å². The molecule has 0 amide bonds. The SMILES string of the molecule is C=C(C)C[C@@H](c1ccc2c(c1)OCO2)N1CCNCC1.Cl.Cl. The average molecular weight is 347 g/mol. The van der Waals surface area contributed by atoms with Crippen molar-refractivity contribution in [2.24, 2.45) is 0 Å². The smallest absolute Gasteiger partial charge is 0.231 e. The number of piperazine rings is 1. The lowest BCUT2D eigenvalue weighted by Gasteiger charge is -2.35. The van der Waals surface area contributed by atoms with E-state index in [0.717, 1.165) is 44.1 Å². The van der Waals surface area contributed by atoms with E-state index in [1.165, 1.54) is 11.1 Å². The molecule has 0 spiro atoms. The number of nitrogens with one attached hydrogen (secondary N) is 1. The van der Waals surface area contributed by atoms with E-state index in [1.807, 2.05) is 6.07 Å². The minimum Gasteiger partial charge on any atom is -0.454 e. The van der Waals surface area contributed by atoms with Crippen molar-refractivity contribution in [2.75, 3.05) is 33.0 Å². The van der Waals surface area contributed by atoms with Crippen molar-refractivity contribution in [3.63, 3.8) is 0 Å². The number of nitrogens with zero attached hydrogens (tertiary/aromatic N) is 1. The summed E-state index contributed by atoms with van der Waals surface area (Å²) in [5, 5.41) is 3.41. The van der Waals surface area contributed by atoms with Crippen LogP contribution in [0, 0.1) is 0 Å². The molecule has 1 saturated heterocycles. The zero-order valence-corrected chi connectivity index (χ0v) is 14.5. The van der Waals surface area contributed by atoms with Crippen molar-refractivity contribution in [3.05, 3.63) is 35.9 Å². The first-order valence-electron chi connectivity index (χ1n) is 7.23. The van der Waals surface area contributed by atoms with Crippen LogP contribution in [0.5, 0.6) is 11.5 Å². The molecule has 0 bridgehead atoms. The van der Waals surface area contributed by atoms with Crippen molar-refractivity contribution >= 4 is 24.8 Å². The van der Waals surface area contributed by atoms with Crippen LogP contribution in [-0.4, -0.2) is 37.9 Å². The lowest BCUT2D eigenvalue weighted by atomic mass is 9.97. The predicted molar refractivity (Wildman–Crippen MR) is 93.7 cm³/mol. The van der Waals surface area contributed by atoms with Gasteiger partial charge in [0.15, 0.2) is 11.5 Å². The molecule has 1 fully saturated rings. The Bertz CT molecular complexity index is 505. The highest BCUT2D eigenvalue weighted by molar-refractivity contribution is 5.85. The molecule has 22 heavy (non-hydrogen) atoms. The molecular formula is C16H24Cl2N2O2. The average Bonchev–Trinajstić information content (AvgIpc) is 2.93. The van der Waals surface area contributed by atoms with Crippen molar-refractivity contribution in [1.29, 1.82) is 0 Å². The maximum Gasteiger partial charge on any atom is 0.231 e. The van der Waals surface area contributed by atoms with Gasteiger partial charge in [-0.2, -0.15) is 0 Å². The van der Waals surface area contributed by atoms with Gasteiger partial charge < -0.3 is 14.8 Å². The highest BCUT2D eigenvalue weighted by Crippen LogP contribution is 2.37. The van der Waals surface area contributed by atoms with E-state index in [4.69, 9.17) is 9.47 Å². The number of ether oxygens (including phenoxy) is 2. The fourth-order valence-electron chi connectivity index (χ4n) is 2.90. The van der Waals surface area contributed by atoms with Crippen molar-refractivity contribution in [2.45, 2.75) is 19.4 Å². The van der Waals surface area contributed by atoms with E-state index in [-0.39, 0.29) is 24.8 Å². The number of halogens is 2. The molecule has 0 radical (unpaired) electrons. The van der Waals surface area contributed by atoms with Gasteiger partial charge in [0, 0.05) is 32.2 Å². The molecule has 4 nitrogen and oxygen atoms in total. The molecule has 0 aliphatic carbocycles. The molecule has 2 aliphatic rings. The third-order valence-electron chi connectivity index (χ3n) is 3.92. The van der Waals surface area contributed by atoms with Gasteiger partial charge in [-0.1, -0.05) is 11.6 Å². The second kappa shape index (κ2) is 8.63. The second-order valence-corrected chi connectivity index (χ2v) is 5.58. The first kappa shape index (κ1) is 19.1. The molecule has 3 rings (SSSR count). The monoisotopic (exact) mass is 346 g/mol. The molecule has 1 N–H and O–H groups in total. The van der Waals surface area contributed by atoms with Crippen molar-refractivity contribution < 1.29 is 9.47 Å². The lowest BCUT2D eigenvalue weighted by Crippen LogP contribution is -2.45. The van der Waals surface area contributed by atoms with Gasteiger partial charge >= 0.3 is 0 Å². The summed E-state index contributed by atoms with van der Waals surface area (Å²) in [6.07, 6.45) is 0.986. The Labute approximate surface area is 144 Å². The summed E-state index contributed by atoms with van der Waals surface area (Å²) in [6, 6.07) is 6.68. The molecule has 0 unspecified atom stereocenters. The number of fused-ring (bicyclic) bond motifs is 1. The molecule has 0 aromatic heterocycles. The molecule has 1 atom stereocenters. The molecular weight excluding hydrogens is 323 g/mol. The summed E-state index contributed by atoms with van der Waals surface area (Å²) >= 11 is 0. The Kier molecular flexibility index (Phi) is 7.49. The van der Waals surface area contributed by atoms with Crippen LogP contribution in [0.4, 0.5) is 0 Å². The molecule has 2 heterocycles. The molecule has 1 aromatic rings. The van der Waals surface area contributed by atoms with Gasteiger partial charge in [0.05, 0.1) is 0 Å². The second-order valence-electron chi connectivity index (χ2n) is 5.58. The van der Waals surface area contributed by atoms with Gasteiger partial charge in [0.1, 0.15) is 0 Å². The van der Waals surface area contributed by atoms with E-state index in [0.29, 0.717) is 12.8 Å². The Hall–Kier alpha value is -0.940. The molecule has 0 saturated carbocycles. The van der Waals surface area contributed by atoms with Gasteiger partial charge in [0.2, 0.25) is 6.79 Å². The maximum absolute atomic E-state index is 5.51. The van der Waals surface area contributed by atoms with Gasteiger partial charge in [-0.25, -0.2) is 0 Å². The number of benzene rings is 1. The zero-order chi connectivity index (χ0) is 13.9. The van der Waals surface area contributed by atoms with Crippen LogP contribution in [0.3, 0.4) is 0 Å². The molecule has 2 aliphatic heterocycles. The third-order valence-corrected chi connectivity index (χ3v) is 3.92. The highest BCUT2D eigenvalue weighted by Gasteiger charge is 2.24. The number of hydrogen-bond acceptors (Lipinski definition) is 4. The summed E-state index contributed by atoms with van der Waals surface area (Å²) < 4.78 is 10.9. The summed E-state index contributed by atoms with van der Waals surface area (Å²) in [5.41, 5.74) is 2.50. The predicted octanol–water partition coefficient (Wildman–Crippen LogP) is 3.17. The van der Waals surface area contributed by atoms with Gasteiger partial charge in [0.25, 0.3) is 0 Å². The van der Waals surface area contributed by atoms with Crippen LogP contribution in [0.1, 0.15) is 24.9 Å². The minimum atomic E-state index is 0. The summed E-state index contributed by atoms with van der Waals surface area (Å²) in [5.74, 6) is 1.72. The molecule has 124 valence electrons. The number of rotatable bonds is 4. The van der Waals surface area contributed by atoms with Crippen LogP contribution in [0.15, 0.2) is 30.4 Å². The summed E-state index contributed by atoms with van der Waals surface area (Å²) in [7, 11) is 0. The van der Waals surface area contributed by atoms with Crippen LogP contribution < -0.4 is 14.8 Å². The molecule has 6 heteroatoms. The van der Waals surface area contributed by atoms with Gasteiger partial charge in [-0.15, -0.1) is 31.4 Å². The van der Waals surface area contributed by atoms with Crippen LogP contribution in [0.25, 0.3) is 0 Å². The minimum absolute atomic E-state index is 0. The Balaban J connectivity index is 0.00000121. The number of hydrogen-bond donors (Lipinski definition) is 1. The first-order valence-corrected chi connectivity index (χ1v) is 7.23. The molecule has 1 aromatic carbocycles. The quantitative estimate of drug-likeness (QED) is 0.849. The zero-order valence-electron chi connectivity index (χ0n) is 12.8. The van der Waals surface area contributed by atoms with E-state index in [9.17, 15) is 0 Å². The normalized spacial score (nSPS) is 18.0. The van der Waals surface area contributed by atoms with E-state index < -0.39 is 0 Å². The highest BCUT2D eigenvalue weighted by atomic mass is 35.5. The fourth-order valence-corrected chi connectivity index (χ4v) is 2.90. The Morgan fingerprint density at radius 3 is 2.59 bits per heavy atom. The van der Waals surface area contributed by atoms with Crippen LogP contribution in [-0.2, 0) is 0 Å². The van der Waals surface area contributed by atoms with E-state index >= 15 is 0 Å². The van der Waals surface area contributed by atoms with Crippen molar-refractivity contribution in [1.82, 2.24) is 10.2 Å². The first-order chi connectivity index (χ1) is 9.74. The maximum atomic E-state index is 5.51. The van der Waals surface area contributed by atoms with E-state index in [1.54, 1.807) is 0 Å². The standard InChI is InChI=1S/C16H22N2O2.2ClH/c1-12(2)9-14(18-7-5-17-6-8-18)13-3-4-15-16(10-13)20-11-19-15;;/h3-4,10,14,17H,1,5-9,11H2,2H3;2*1H/t14-;;/m0../s1. The fraction of sp³-hybridized carbons (Fsp3) is 0.500. The topological polar surface area (TPSA) is 33.7 Å². The van der Waals surface area contributed by atoms with Gasteiger partial charge in [-0.3, -0.25) is 4.90 Å². The van der Waals surface area contributed by atoms with Gasteiger partial charge in [-0.05, 0) is 31.0 Å². The lowest BCUT2D eigenvalue weighted by molar-refractivity contribution is 0.170. The van der Waals surface area contributed by atoms with Crippen LogP contribution in [0.2, 0.25) is 0 Å². The summed E-state index contributed by atoms with van der Waals surface area (Å²) in [6.45, 7) is 10.8. The van der Waals surface area contributed by atoms with Crippen molar-refractivity contribution in [3.8, 4) is 11.5 Å².